The number of fused-ring (bicyclic) bond motifs is 4. The number of pyridine rings is 1. The molecule has 1 nitrogen and oxygen atoms in total. The molecule has 0 bridgehead atoms. The summed E-state index contributed by atoms with van der Waals surface area (Å²) >= 11 is 0. The lowest BCUT2D eigenvalue weighted by Crippen LogP contribution is -2.14. The van der Waals surface area contributed by atoms with Crippen LogP contribution in [-0.2, 0) is 5.41 Å². The molecule has 1 heteroatoms. The van der Waals surface area contributed by atoms with E-state index in [1.54, 1.807) is 12.4 Å². The molecule has 1 aliphatic rings. The molecule has 1 heterocycles. The molecular formula is C52H81N. The monoisotopic (exact) mass is 720 g/mol. The van der Waals surface area contributed by atoms with Crippen molar-refractivity contribution in [3.63, 3.8) is 0 Å². The summed E-state index contributed by atoms with van der Waals surface area (Å²) in [5.74, 6) is 0. The second-order valence-electron chi connectivity index (χ2n) is 9.24. The maximum absolute atomic E-state index is 3.78. The minimum atomic E-state index is 0.160. The minimum absolute atomic E-state index is 0.160. The van der Waals surface area contributed by atoms with Gasteiger partial charge in [0.1, 0.15) is 0 Å². The summed E-state index contributed by atoms with van der Waals surface area (Å²) in [6.45, 7) is 36.6. The first-order chi connectivity index (χ1) is 26.2. The highest BCUT2D eigenvalue weighted by molar-refractivity contribution is 5.82. The van der Waals surface area contributed by atoms with Gasteiger partial charge in [-0.2, -0.15) is 0 Å². The van der Waals surface area contributed by atoms with Crippen LogP contribution in [0.1, 0.15) is 136 Å². The maximum Gasteiger partial charge on any atom is 0.0267 e. The van der Waals surface area contributed by atoms with Gasteiger partial charge in [0.05, 0.1) is 0 Å². The molecule has 0 N–H and O–H groups in total. The Morgan fingerprint density at radius 2 is 0.509 bits per heavy atom. The Hall–Kier alpha value is -4.49. The summed E-state index contributed by atoms with van der Waals surface area (Å²) in [7, 11) is 0. The average molecular weight is 720 g/mol. The first-order valence-corrected chi connectivity index (χ1v) is 20.7. The molecule has 0 atom stereocenters. The summed E-state index contributed by atoms with van der Waals surface area (Å²) < 4.78 is 0. The molecule has 6 aromatic rings. The van der Waals surface area contributed by atoms with Gasteiger partial charge in [-0.05, 0) is 45.2 Å². The number of benzene rings is 5. The van der Waals surface area contributed by atoms with E-state index in [1.165, 1.54) is 33.0 Å². The van der Waals surface area contributed by atoms with Gasteiger partial charge in [-0.1, -0.05) is 264 Å². The van der Waals surface area contributed by atoms with Gasteiger partial charge in [-0.25, -0.2) is 0 Å². The number of rotatable bonds is 0. The third-order valence-corrected chi connectivity index (χ3v) is 6.38. The number of aromatic nitrogens is 1. The molecule has 7 rings (SSSR count). The topological polar surface area (TPSA) is 12.9 Å². The van der Waals surface area contributed by atoms with Crippen LogP contribution in [0.15, 0.2) is 164 Å². The highest BCUT2D eigenvalue weighted by atomic mass is 14.6. The van der Waals surface area contributed by atoms with Crippen molar-refractivity contribution in [1.82, 2.24) is 4.98 Å². The zero-order valence-corrected chi connectivity index (χ0v) is 37.5. The Bertz CT molecular complexity index is 1290. The molecule has 0 amide bonds. The third-order valence-electron chi connectivity index (χ3n) is 6.38. The molecule has 0 saturated carbocycles. The highest BCUT2D eigenvalue weighted by Gasteiger charge is 2.34. The van der Waals surface area contributed by atoms with Gasteiger partial charge in [0, 0.05) is 17.8 Å². The van der Waals surface area contributed by atoms with E-state index < -0.39 is 0 Å². The van der Waals surface area contributed by atoms with E-state index in [4.69, 9.17) is 0 Å². The molecule has 0 aliphatic heterocycles. The lowest BCUT2D eigenvalue weighted by atomic mass is 9.82. The lowest BCUT2D eigenvalue weighted by Gasteiger charge is -2.20. The molecule has 1 aromatic heterocycles. The van der Waals surface area contributed by atoms with E-state index in [1.807, 2.05) is 165 Å². The van der Waals surface area contributed by atoms with Crippen LogP contribution >= 0.6 is 0 Å². The molecule has 0 saturated heterocycles. The molecule has 1 aliphatic carbocycles. The van der Waals surface area contributed by atoms with Crippen LogP contribution in [0, 0.1) is 0 Å². The van der Waals surface area contributed by atoms with Gasteiger partial charge < -0.3 is 0 Å². The van der Waals surface area contributed by atoms with Crippen LogP contribution in [0.25, 0.3) is 21.9 Å². The molecule has 294 valence electrons. The highest BCUT2D eigenvalue weighted by Crippen LogP contribution is 2.47. The molecule has 0 radical (unpaired) electrons. The Labute approximate surface area is 331 Å². The predicted molar refractivity (Wildman–Crippen MR) is 249 cm³/mol. The van der Waals surface area contributed by atoms with Crippen molar-refractivity contribution in [1.29, 1.82) is 0 Å². The Morgan fingerprint density at radius 3 is 0.736 bits per heavy atom. The Kier molecular flexibility index (Phi) is 49.7. The van der Waals surface area contributed by atoms with Crippen molar-refractivity contribution in [2.45, 2.75) is 130 Å². The molecule has 0 unspecified atom stereocenters. The fourth-order valence-electron chi connectivity index (χ4n) is 4.50. The zero-order valence-electron chi connectivity index (χ0n) is 37.5. The summed E-state index contributed by atoms with van der Waals surface area (Å²) in [5, 5.41) is 2.62. The van der Waals surface area contributed by atoms with Crippen molar-refractivity contribution in [3.05, 3.63) is 175 Å². The van der Waals surface area contributed by atoms with Crippen molar-refractivity contribution < 1.29 is 0 Å². The van der Waals surface area contributed by atoms with Crippen molar-refractivity contribution in [2.75, 3.05) is 0 Å². The Morgan fingerprint density at radius 1 is 0.283 bits per heavy atom. The normalized spacial score (nSPS) is 9.09. The standard InChI is InChI=1S/C15H14.C10H8.C6H6.C5H5N.8C2H6/c1-15(2)13-9-5-3-7-11(13)12-8-4-6-10-14(12)15;1-2-6-10-8-4-3-7-9(10)5-1;2*1-2-4-6-5-3-1;8*1-2/h3-10H,1-2H3;1-8H;1-6H;1-5H;8*1-2H3. The maximum atomic E-state index is 3.78. The van der Waals surface area contributed by atoms with Crippen LogP contribution in [0.3, 0.4) is 0 Å². The largest absolute Gasteiger partial charge is 0.265 e. The summed E-state index contributed by atoms with van der Waals surface area (Å²) in [6, 6.07) is 51.9. The summed E-state index contributed by atoms with van der Waals surface area (Å²) in [6.07, 6.45) is 3.50. The first kappa shape index (κ1) is 57.8. The first-order valence-electron chi connectivity index (χ1n) is 20.7. The molecule has 0 spiro atoms. The van der Waals surface area contributed by atoms with Crippen molar-refractivity contribution >= 4 is 10.8 Å². The average Bonchev–Trinajstić information content (AvgIpc) is 3.54. The third kappa shape index (κ3) is 24.4. The number of hydrogen-bond donors (Lipinski definition) is 0. The van der Waals surface area contributed by atoms with E-state index in [0.29, 0.717) is 0 Å². The van der Waals surface area contributed by atoms with E-state index in [-0.39, 0.29) is 5.41 Å². The van der Waals surface area contributed by atoms with Gasteiger partial charge in [0.25, 0.3) is 0 Å². The fraction of sp³-hybridized carbons (Fsp3) is 0.365. The van der Waals surface area contributed by atoms with Gasteiger partial charge in [0.2, 0.25) is 0 Å². The minimum Gasteiger partial charge on any atom is -0.265 e. The number of hydrogen-bond acceptors (Lipinski definition) is 1. The summed E-state index contributed by atoms with van der Waals surface area (Å²) in [5.41, 5.74) is 5.86. The SMILES string of the molecule is CC.CC.CC.CC.CC.CC.CC.CC.CC1(C)c2ccccc2-c2ccccc21.c1ccc2ccccc2c1.c1ccccc1.c1ccncc1. The Balaban J connectivity index is -0.000000178. The van der Waals surface area contributed by atoms with Crippen LogP contribution in [0.5, 0.6) is 0 Å². The molecule has 53 heavy (non-hydrogen) atoms. The summed E-state index contributed by atoms with van der Waals surface area (Å²) in [4.78, 5) is 3.78. The fourth-order valence-corrected chi connectivity index (χ4v) is 4.50. The molecule has 0 fully saturated rings. The predicted octanol–water partition coefficient (Wildman–Crippen LogP) is 17.8. The second-order valence-corrected chi connectivity index (χ2v) is 9.24. The molecular weight excluding hydrogens is 639 g/mol. The van der Waals surface area contributed by atoms with Crippen LogP contribution in [0.4, 0.5) is 0 Å². The van der Waals surface area contributed by atoms with Crippen molar-refractivity contribution in [2.24, 2.45) is 0 Å². The zero-order chi connectivity index (χ0) is 41.8. The van der Waals surface area contributed by atoms with Gasteiger partial charge in [-0.3, -0.25) is 4.98 Å². The van der Waals surface area contributed by atoms with Crippen LogP contribution in [-0.4, -0.2) is 4.98 Å². The van der Waals surface area contributed by atoms with Gasteiger partial charge in [-0.15, -0.1) is 0 Å². The van der Waals surface area contributed by atoms with Crippen molar-refractivity contribution in [3.8, 4) is 11.1 Å². The van der Waals surface area contributed by atoms with Gasteiger partial charge in [0.15, 0.2) is 0 Å². The quantitative estimate of drug-likeness (QED) is 0.152. The van der Waals surface area contributed by atoms with E-state index >= 15 is 0 Å². The van der Waals surface area contributed by atoms with E-state index in [2.05, 4.69) is 116 Å². The molecule has 5 aromatic carbocycles. The van der Waals surface area contributed by atoms with E-state index in [0.717, 1.165) is 0 Å². The van der Waals surface area contributed by atoms with Crippen LogP contribution < -0.4 is 0 Å². The lowest BCUT2D eigenvalue weighted by molar-refractivity contribution is 0.660. The smallest absolute Gasteiger partial charge is 0.0267 e. The second kappa shape index (κ2) is 45.5. The van der Waals surface area contributed by atoms with Crippen LogP contribution in [0.2, 0.25) is 0 Å². The van der Waals surface area contributed by atoms with E-state index in [9.17, 15) is 0 Å². The number of nitrogens with zero attached hydrogens (tertiary/aromatic N) is 1. The van der Waals surface area contributed by atoms with Gasteiger partial charge >= 0.3 is 0 Å².